The number of rotatable bonds is 4. The quantitative estimate of drug-likeness (QED) is 0.427. The lowest BCUT2D eigenvalue weighted by Crippen LogP contribution is -2.49. The van der Waals surface area contributed by atoms with E-state index in [1.54, 1.807) is 12.3 Å². The van der Waals surface area contributed by atoms with Crippen LogP contribution in [0.5, 0.6) is 0 Å². The number of nitrogens with zero attached hydrogens (tertiary/aromatic N) is 4. The van der Waals surface area contributed by atoms with Gasteiger partial charge in [0.2, 0.25) is 5.82 Å². The second-order valence-electron chi connectivity index (χ2n) is 8.49. The summed E-state index contributed by atoms with van der Waals surface area (Å²) >= 11 is 0. The Morgan fingerprint density at radius 1 is 1.06 bits per heavy atom. The SMILES string of the molecule is Cc1cc(Nc2ncnc(Nc3ccccn3)c2C)[n+]([O-])c2c1C(=O)NC21CCCCC1. The molecule has 9 nitrogen and oxygen atoms in total. The van der Waals surface area contributed by atoms with Crippen LogP contribution in [0.2, 0.25) is 0 Å². The van der Waals surface area contributed by atoms with Crippen LogP contribution in [0.25, 0.3) is 0 Å². The highest BCUT2D eigenvalue weighted by Gasteiger charge is 2.48. The zero-order valence-electron chi connectivity index (χ0n) is 18.1. The molecular weight excluding hydrogens is 406 g/mol. The summed E-state index contributed by atoms with van der Waals surface area (Å²) < 4.78 is 0.874. The van der Waals surface area contributed by atoms with Crippen LogP contribution in [-0.2, 0) is 5.54 Å². The van der Waals surface area contributed by atoms with Crippen molar-refractivity contribution in [1.82, 2.24) is 20.3 Å². The number of aromatic nitrogens is 4. The second kappa shape index (κ2) is 7.74. The van der Waals surface area contributed by atoms with Crippen molar-refractivity contribution < 1.29 is 9.52 Å². The topological polar surface area (TPSA) is 119 Å². The Bertz CT molecular complexity index is 1190. The summed E-state index contributed by atoms with van der Waals surface area (Å²) in [6.07, 6.45) is 7.79. The minimum atomic E-state index is -0.582. The molecule has 1 aliphatic heterocycles. The van der Waals surface area contributed by atoms with Gasteiger partial charge in [-0.3, -0.25) is 4.79 Å². The number of amides is 1. The van der Waals surface area contributed by atoms with Crippen molar-refractivity contribution in [2.75, 3.05) is 10.6 Å². The minimum absolute atomic E-state index is 0.157. The first-order valence-electron chi connectivity index (χ1n) is 10.9. The predicted octanol–water partition coefficient (Wildman–Crippen LogP) is 3.51. The fourth-order valence-corrected chi connectivity index (χ4v) is 4.79. The molecule has 1 saturated carbocycles. The largest absolute Gasteiger partial charge is 0.710 e. The van der Waals surface area contributed by atoms with Gasteiger partial charge >= 0.3 is 0 Å². The number of carbonyl (C=O) groups is 1. The van der Waals surface area contributed by atoms with Crippen molar-refractivity contribution in [2.45, 2.75) is 51.5 Å². The van der Waals surface area contributed by atoms with Gasteiger partial charge in [0.05, 0.1) is 11.1 Å². The summed E-state index contributed by atoms with van der Waals surface area (Å²) in [6.45, 7) is 3.74. The van der Waals surface area contributed by atoms with E-state index >= 15 is 0 Å². The molecule has 0 aromatic carbocycles. The normalized spacial score (nSPS) is 16.5. The fourth-order valence-electron chi connectivity index (χ4n) is 4.79. The average molecular weight is 432 g/mol. The Balaban J connectivity index is 1.52. The highest BCUT2D eigenvalue weighted by molar-refractivity contribution is 6.00. The van der Waals surface area contributed by atoms with Crippen LogP contribution in [0.1, 0.15) is 59.3 Å². The molecule has 2 aliphatic rings. The van der Waals surface area contributed by atoms with Gasteiger partial charge in [-0.15, -0.1) is 0 Å². The number of hydrogen-bond donors (Lipinski definition) is 3. The molecule has 3 N–H and O–H groups in total. The molecule has 3 aromatic rings. The summed E-state index contributed by atoms with van der Waals surface area (Å²) in [5.74, 6) is 1.95. The molecule has 4 heterocycles. The molecule has 1 amide bonds. The van der Waals surface area contributed by atoms with Crippen molar-refractivity contribution in [3.8, 4) is 0 Å². The number of pyridine rings is 2. The Kier molecular flexibility index (Phi) is 4.88. The predicted molar refractivity (Wildman–Crippen MR) is 120 cm³/mol. The lowest BCUT2D eigenvalue weighted by atomic mass is 9.79. The highest BCUT2D eigenvalue weighted by Crippen LogP contribution is 2.42. The maximum Gasteiger partial charge on any atom is 0.284 e. The molecule has 3 aromatic heterocycles. The summed E-state index contributed by atoms with van der Waals surface area (Å²) in [6, 6.07) is 7.28. The number of nitrogens with one attached hydrogen (secondary N) is 3. The molecule has 164 valence electrons. The van der Waals surface area contributed by atoms with Crippen LogP contribution in [0, 0.1) is 19.1 Å². The van der Waals surface area contributed by atoms with Crippen molar-refractivity contribution in [1.29, 1.82) is 0 Å². The summed E-state index contributed by atoms with van der Waals surface area (Å²) in [4.78, 5) is 25.7. The van der Waals surface area contributed by atoms with Crippen LogP contribution in [-0.4, -0.2) is 20.9 Å². The molecule has 32 heavy (non-hydrogen) atoms. The van der Waals surface area contributed by atoms with Gasteiger partial charge in [0.15, 0.2) is 0 Å². The van der Waals surface area contributed by atoms with Crippen molar-refractivity contribution in [3.05, 3.63) is 64.4 Å². The zero-order valence-corrected chi connectivity index (χ0v) is 18.1. The van der Waals surface area contributed by atoms with Crippen LogP contribution in [0.4, 0.5) is 23.3 Å². The molecule has 0 unspecified atom stereocenters. The van der Waals surface area contributed by atoms with Gasteiger partial charge in [0, 0.05) is 12.3 Å². The Morgan fingerprint density at radius 2 is 1.81 bits per heavy atom. The van der Waals surface area contributed by atoms with E-state index in [9.17, 15) is 10.0 Å². The Labute approximate surface area is 185 Å². The van der Waals surface area contributed by atoms with E-state index < -0.39 is 5.54 Å². The summed E-state index contributed by atoms with van der Waals surface area (Å²) in [5.41, 5.74) is 1.97. The molecule has 1 aliphatic carbocycles. The number of aryl methyl sites for hydroxylation is 1. The number of hydrogen-bond acceptors (Lipinski definition) is 7. The average Bonchev–Trinajstić information content (AvgIpc) is 3.07. The lowest BCUT2D eigenvalue weighted by molar-refractivity contribution is -0.603. The first-order chi connectivity index (χ1) is 15.5. The molecule has 0 saturated heterocycles. The third kappa shape index (κ3) is 3.30. The molecule has 0 atom stereocenters. The second-order valence-corrected chi connectivity index (χ2v) is 8.49. The lowest BCUT2D eigenvalue weighted by Gasteiger charge is -2.34. The van der Waals surface area contributed by atoms with Gasteiger partial charge in [0.1, 0.15) is 29.2 Å². The van der Waals surface area contributed by atoms with Crippen LogP contribution in [0.3, 0.4) is 0 Å². The standard InChI is InChI=1S/C23H25N7O2/c1-14-12-17(30(32)19-18(14)22(31)29-23(19)9-5-3-6-10-23)28-21-15(2)20(25-13-26-21)27-16-8-4-7-11-24-16/h4,7-8,11-13H,3,5-6,9-10H2,1-2H3,(H,29,31)(H2,24,25,26,27,28). The van der Waals surface area contributed by atoms with Gasteiger partial charge in [-0.05, 0) is 44.4 Å². The molecule has 9 heteroatoms. The van der Waals surface area contributed by atoms with Crippen molar-refractivity contribution in [3.63, 3.8) is 0 Å². The van der Waals surface area contributed by atoms with Crippen LogP contribution < -0.4 is 20.7 Å². The van der Waals surface area contributed by atoms with Gasteiger partial charge in [-0.1, -0.05) is 25.3 Å². The highest BCUT2D eigenvalue weighted by atomic mass is 16.5. The maximum absolute atomic E-state index is 13.5. The van der Waals surface area contributed by atoms with E-state index in [1.807, 2.05) is 32.0 Å². The Hall–Kier alpha value is -3.75. The van der Waals surface area contributed by atoms with E-state index in [2.05, 4.69) is 30.9 Å². The van der Waals surface area contributed by atoms with Gasteiger partial charge in [-0.2, -0.15) is 4.98 Å². The summed E-state index contributed by atoms with van der Waals surface area (Å²) in [7, 11) is 0. The van der Waals surface area contributed by atoms with E-state index in [-0.39, 0.29) is 5.91 Å². The molecule has 1 spiro atoms. The molecular formula is C23H25N7O2. The van der Waals surface area contributed by atoms with Crippen LogP contribution in [0.15, 0.2) is 36.8 Å². The maximum atomic E-state index is 13.5. The summed E-state index contributed by atoms with van der Waals surface area (Å²) in [5, 5.41) is 23.0. The zero-order chi connectivity index (χ0) is 22.3. The third-order valence-electron chi connectivity index (χ3n) is 6.39. The third-order valence-corrected chi connectivity index (χ3v) is 6.39. The van der Waals surface area contributed by atoms with E-state index in [0.29, 0.717) is 34.5 Å². The molecule has 1 fully saturated rings. The molecule has 5 rings (SSSR count). The first kappa shape index (κ1) is 20.2. The smallest absolute Gasteiger partial charge is 0.284 e. The van der Waals surface area contributed by atoms with Gasteiger partial charge < -0.3 is 15.8 Å². The van der Waals surface area contributed by atoms with Crippen molar-refractivity contribution in [2.24, 2.45) is 0 Å². The number of anilines is 4. The van der Waals surface area contributed by atoms with Crippen molar-refractivity contribution >= 4 is 29.2 Å². The minimum Gasteiger partial charge on any atom is -0.710 e. The van der Waals surface area contributed by atoms with Crippen LogP contribution >= 0.6 is 0 Å². The van der Waals surface area contributed by atoms with E-state index in [1.165, 1.54) is 6.33 Å². The van der Waals surface area contributed by atoms with E-state index in [0.717, 1.165) is 48.0 Å². The number of carbonyl (C=O) groups excluding carboxylic acids is 1. The number of fused-ring (bicyclic) bond motifs is 2. The fraction of sp³-hybridized carbons (Fsp3) is 0.348. The van der Waals surface area contributed by atoms with Gasteiger partial charge in [0.25, 0.3) is 11.7 Å². The molecule has 0 bridgehead atoms. The van der Waals surface area contributed by atoms with Gasteiger partial charge in [-0.25, -0.2) is 20.0 Å². The Morgan fingerprint density at radius 3 is 2.53 bits per heavy atom. The first-order valence-corrected chi connectivity index (χ1v) is 10.9. The monoisotopic (exact) mass is 431 g/mol. The molecule has 0 radical (unpaired) electrons. The van der Waals surface area contributed by atoms with E-state index in [4.69, 9.17) is 0 Å².